The summed E-state index contributed by atoms with van der Waals surface area (Å²) in [5, 5.41) is 34.8. The summed E-state index contributed by atoms with van der Waals surface area (Å²) in [6.45, 7) is 9.56. The minimum Gasteiger partial charge on any atom is -0.391 e. The lowest BCUT2D eigenvalue weighted by molar-refractivity contribution is -0.382. The van der Waals surface area contributed by atoms with Gasteiger partial charge in [-0.05, 0) is 42.6 Å². The minimum atomic E-state index is -2.34. The molecule has 7 heteroatoms. The van der Waals surface area contributed by atoms with E-state index in [1.807, 2.05) is 13.8 Å². The number of Topliss-reactive ketones (excluding diaryl/α,β-unsaturated/α-hetero) is 2. The molecular formula is C24H34O7. The van der Waals surface area contributed by atoms with Crippen LogP contribution < -0.4 is 0 Å². The third kappa shape index (κ3) is 2.36. The van der Waals surface area contributed by atoms with E-state index in [2.05, 4.69) is 6.58 Å². The molecule has 1 spiro atoms. The molecule has 4 rings (SSSR count). The van der Waals surface area contributed by atoms with Crippen molar-refractivity contribution in [3.05, 3.63) is 12.2 Å². The van der Waals surface area contributed by atoms with Crippen LogP contribution in [0.3, 0.4) is 0 Å². The van der Waals surface area contributed by atoms with Crippen molar-refractivity contribution in [1.29, 1.82) is 0 Å². The van der Waals surface area contributed by atoms with Crippen LogP contribution in [0.25, 0.3) is 0 Å². The molecule has 3 N–H and O–H groups in total. The normalized spacial score (nSPS) is 50.7. The monoisotopic (exact) mass is 434 g/mol. The number of aldehydes is 1. The third-order valence-corrected chi connectivity index (χ3v) is 9.42. The Bertz CT molecular complexity index is 849. The van der Waals surface area contributed by atoms with E-state index in [-0.39, 0.29) is 17.8 Å². The second kappa shape index (κ2) is 6.80. The molecule has 31 heavy (non-hydrogen) atoms. The zero-order chi connectivity index (χ0) is 23.1. The number of ether oxygens (including phenoxy) is 1. The zero-order valence-corrected chi connectivity index (χ0v) is 18.8. The predicted octanol–water partition coefficient (Wildman–Crippen LogP) is 1.43. The van der Waals surface area contributed by atoms with Crippen LogP contribution >= 0.6 is 0 Å². The maximum absolute atomic E-state index is 14.0. The fourth-order valence-electron chi connectivity index (χ4n) is 8.41. The number of aliphatic hydroxyl groups excluding tert-OH is 2. The number of aliphatic hydroxyl groups is 3. The lowest BCUT2D eigenvalue weighted by Crippen LogP contribution is -2.80. The van der Waals surface area contributed by atoms with Crippen LogP contribution in [0.2, 0.25) is 0 Å². The summed E-state index contributed by atoms with van der Waals surface area (Å²) >= 11 is 0. The van der Waals surface area contributed by atoms with E-state index in [1.165, 1.54) is 7.11 Å². The van der Waals surface area contributed by atoms with E-state index in [1.54, 1.807) is 6.92 Å². The van der Waals surface area contributed by atoms with Gasteiger partial charge in [-0.2, -0.15) is 0 Å². The number of carbonyl (C=O) groups excluding carboxylic acids is 3. The number of rotatable bonds is 4. The molecule has 172 valence electrons. The van der Waals surface area contributed by atoms with Crippen LogP contribution in [-0.2, 0) is 19.1 Å². The average Bonchev–Trinajstić information content (AvgIpc) is 2.82. The third-order valence-electron chi connectivity index (χ3n) is 9.42. The molecule has 0 aromatic heterocycles. The number of carbonyl (C=O) groups is 3. The van der Waals surface area contributed by atoms with Gasteiger partial charge in [-0.25, -0.2) is 0 Å². The molecular weight excluding hydrogens is 400 g/mol. The summed E-state index contributed by atoms with van der Waals surface area (Å²) in [5.41, 5.74) is -3.39. The molecule has 4 fully saturated rings. The Morgan fingerprint density at radius 2 is 1.81 bits per heavy atom. The van der Waals surface area contributed by atoms with E-state index in [9.17, 15) is 29.7 Å². The van der Waals surface area contributed by atoms with E-state index < -0.39 is 63.7 Å². The molecule has 4 aliphatic carbocycles. The Balaban J connectivity index is 1.98. The van der Waals surface area contributed by atoms with Crippen molar-refractivity contribution in [3.63, 3.8) is 0 Å². The van der Waals surface area contributed by atoms with Gasteiger partial charge in [0.1, 0.15) is 23.6 Å². The van der Waals surface area contributed by atoms with Crippen LogP contribution in [-0.4, -0.2) is 58.3 Å². The van der Waals surface area contributed by atoms with Crippen molar-refractivity contribution in [2.24, 2.45) is 39.9 Å². The lowest BCUT2D eigenvalue weighted by atomic mass is 9.36. The second-order valence-electron chi connectivity index (χ2n) is 11.0. The van der Waals surface area contributed by atoms with Gasteiger partial charge in [0, 0.05) is 36.7 Å². The summed E-state index contributed by atoms with van der Waals surface area (Å²) < 4.78 is 5.51. The molecule has 0 saturated heterocycles. The highest BCUT2D eigenvalue weighted by Crippen LogP contribution is 2.73. The summed E-state index contributed by atoms with van der Waals surface area (Å²) in [6.07, 6.45) is -0.0263. The van der Waals surface area contributed by atoms with E-state index >= 15 is 0 Å². The first-order valence-corrected chi connectivity index (χ1v) is 11.2. The van der Waals surface area contributed by atoms with Gasteiger partial charge in [-0.1, -0.05) is 27.4 Å². The van der Waals surface area contributed by atoms with Crippen molar-refractivity contribution in [3.8, 4) is 0 Å². The fourth-order valence-corrected chi connectivity index (χ4v) is 8.41. The molecule has 0 aromatic rings. The zero-order valence-electron chi connectivity index (χ0n) is 18.8. The van der Waals surface area contributed by atoms with Crippen LogP contribution in [0, 0.1) is 39.9 Å². The quantitative estimate of drug-likeness (QED) is 0.348. The molecule has 0 radical (unpaired) electrons. The van der Waals surface area contributed by atoms with E-state index in [0.29, 0.717) is 25.7 Å². The Hall–Kier alpha value is -1.41. The number of fused-ring (bicyclic) bond motifs is 3. The highest BCUT2D eigenvalue weighted by atomic mass is 16.6. The van der Waals surface area contributed by atoms with Crippen molar-refractivity contribution < 1.29 is 34.4 Å². The maximum Gasteiger partial charge on any atom is 0.208 e. The summed E-state index contributed by atoms with van der Waals surface area (Å²) in [7, 11) is 1.23. The Labute approximate surface area is 182 Å². The average molecular weight is 435 g/mol. The first kappa shape index (κ1) is 22.8. The Kier molecular flexibility index (Phi) is 4.99. The fraction of sp³-hybridized carbons (Fsp3) is 0.792. The van der Waals surface area contributed by atoms with Crippen LogP contribution in [0.5, 0.6) is 0 Å². The molecule has 7 nitrogen and oxygen atoms in total. The highest BCUT2D eigenvalue weighted by Gasteiger charge is 2.83. The van der Waals surface area contributed by atoms with Crippen molar-refractivity contribution in [1.82, 2.24) is 0 Å². The Morgan fingerprint density at radius 3 is 2.39 bits per heavy atom. The topological polar surface area (TPSA) is 121 Å². The number of methoxy groups -OCH3 is 1. The smallest absolute Gasteiger partial charge is 0.208 e. The molecule has 2 bridgehead atoms. The largest absolute Gasteiger partial charge is 0.391 e. The van der Waals surface area contributed by atoms with Crippen LogP contribution in [0.1, 0.15) is 52.9 Å². The van der Waals surface area contributed by atoms with Crippen LogP contribution in [0.15, 0.2) is 12.2 Å². The molecule has 1 unspecified atom stereocenters. The molecule has 4 aliphatic rings. The second-order valence-corrected chi connectivity index (χ2v) is 11.0. The van der Waals surface area contributed by atoms with Gasteiger partial charge in [0.25, 0.3) is 0 Å². The van der Waals surface area contributed by atoms with Crippen molar-refractivity contribution in [2.45, 2.75) is 70.9 Å². The molecule has 9 atom stereocenters. The number of hydrogen-bond donors (Lipinski definition) is 3. The SMILES string of the molecule is C=C1C(=O)[C@]23[C@H](O)[C@H]1CC[C@H]2[C@]1(C)C(=O)[C@@H](CCC=O)CC(C)(C)[C@H]1[C@H](O)C3(O)OC. The first-order valence-electron chi connectivity index (χ1n) is 11.2. The van der Waals surface area contributed by atoms with E-state index in [4.69, 9.17) is 4.74 Å². The summed E-state index contributed by atoms with van der Waals surface area (Å²) in [6, 6.07) is 0. The Morgan fingerprint density at radius 1 is 1.16 bits per heavy atom. The first-order chi connectivity index (χ1) is 14.4. The standard InChI is InChI=1S/C24H34O7/c1-12-14-8-9-15-22(4)16(21(2,3)11-13(18(22)27)7-6-10-25)20(29)24(30,31-5)23(15,17(12)26)19(14)28/h10,13-16,19-20,28-30H,1,6-9,11H2,2-5H3/t13-,14-,15-,16+,19+,20-,22-,23-,24?/m0/s1. The number of ketones is 2. The molecule has 0 aliphatic heterocycles. The van der Waals surface area contributed by atoms with Gasteiger partial charge in [0.05, 0.1) is 6.10 Å². The summed E-state index contributed by atoms with van der Waals surface area (Å²) in [5.74, 6) is -5.30. The van der Waals surface area contributed by atoms with Crippen LogP contribution in [0.4, 0.5) is 0 Å². The molecule has 0 amide bonds. The van der Waals surface area contributed by atoms with Gasteiger partial charge in [0.2, 0.25) is 5.79 Å². The number of hydrogen-bond acceptors (Lipinski definition) is 7. The minimum absolute atomic E-state index is 0.101. The van der Waals surface area contributed by atoms with Crippen molar-refractivity contribution in [2.75, 3.05) is 7.11 Å². The molecule has 0 aromatic carbocycles. The van der Waals surface area contributed by atoms with Gasteiger partial charge in [-0.3, -0.25) is 9.59 Å². The van der Waals surface area contributed by atoms with Gasteiger partial charge >= 0.3 is 0 Å². The summed E-state index contributed by atoms with van der Waals surface area (Å²) in [4.78, 5) is 38.6. The lowest BCUT2D eigenvalue weighted by Gasteiger charge is -2.69. The predicted molar refractivity (Wildman–Crippen MR) is 111 cm³/mol. The highest BCUT2D eigenvalue weighted by molar-refractivity contribution is 6.06. The van der Waals surface area contributed by atoms with Crippen molar-refractivity contribution >= 4 is 17.9 Å². The van der Waals surface area contributed by atoms with Gasteiger partial charge in [-0.15, -0.1) is 0 Å². The van der Waals surface area contributed by atoms with Gasteiger partial charge in [0.15, 0.2) is 5.78 Å². The van der Waals surface area contributed by atoms with Gasteiger partial charge < -0.3 is 24.9 Å². The van der Waals surface area contributed by atoms with E-state index in [0.717, 1.165) is 6.29 Å². The molecule has 4 saturated carbocycles. The maximum atomic E-state index is 14.0. The molecule has 0 heterocycles.